The highest BCUT2D eigenvalue weighted by Gasteiger charge is 2.22. The minimum atomic E-state index is -0.393. The summed E-state index contributed by atoms with van der Waals surface area (Å²) in [7, 11) is 5.57. The summed E-state index contributed by atoms with van der Waals surface area (Å²) in [5, 5.41) is 0. The molecule has 1 aliphatic heterocycles. The molecule has 1 aliphatic rings. The van der Waals surface area contributed by atoms with E-state index in [0.717, 1.165) is 18.8 Å². The lowest BCUT2D eigenvalue weighted by Crippen LogP contribution is -2.36. The molecule has 1 saturated heterocycles. The van der Waals surface area contributed by atoms with Crippen LogP contribution in [0.5, 0.6) is 0 Å². The van der Waals surface area contributed by atoms with Gasteiger partial charge in [0, 0.05) is 31.0 Å². The molecule has 2 rings (SSSR count). The monoisotopic (exact) mass is 277 g/mol. The highest BCUT2D eigenvalue weighted by atomic mass is 16.5. The van der Waals surface area contributed by atoms with Gasteiger partial charge in [-0.1, -0.05) is 0 Å². The molecule has 1 unspecified atom stereocenters. The molecule has 20 heavy (non-hydrogen) atoms. The molecule has 0 amide bonds. The van der Waals surface area contributed by atoms with Gasteiger partial charge in [-0.25, -0.2) is 4.79 Å². The molecular formula is C15H23N3O2. The summed E-state index contributed by atoms with van der Waals surface area (Å²) in [4.78, 5) is 16.2. The van der Waals surface area contributed by atoms with Crippen LogP contribution in [0.15, 0.2) is 18.2 Å². The van der Waals surface area contributed by atoms with E-state index >= 15 is 0 Å². The second kappa shape index (κ2) is 6.13. The molecule has 0 saturated carbocycles. The van der Waals surface area contributed by atoms with Gasteiger partial charge in [-0.05, 0) is 44.6 Å². The molecule has 1 fully saturated rings. The predicted molar refractivity (Wildman–Crippen MR) is 81.1 cm³/mol. The average Bonchev–Trinajstić information content (AvgIpc) is 2.84. The van der Waals surface area contributed by atoms with Crippen LogP contribution in [0.2, 0.25) is 0 Å². The number of esters is 1. The van der Waals surface area contributed by atoms with Crippen molar-refractivity contribution in [2.24, 2.45) is 0 Å². The number of anilines is 2. The first-order valence-corrected chi connectivity index (χ1v) is 6.92. The molecule has 5 heteroatoms. The Morgan fingerprint density at radius 3 is 2.90 bits per heavy atom. The zero-order chi connectivity index (χ0) is 14.7. The SMILES string of the molecule is COC(=O)c1cc(N(C)CC2CCCN2C)ccc1N. The quantitative estimate of drug-likeness (QED) is 0.669. The summed E-state index contributed by atoms with van der Waals surface area (Å²) in [6.45, 7) is 2.11. The summed E-state index contributed by atoms with van der Waals surface area (Å²) in [5.41, 5.74) is 7.69. The van der Waals surface area contributed by atoms with Gasteiger partial charge >= 0.3 is 5.97 Å². The molecule has 0 aliphatic carbocycles. The summed E-state index contributed by atoms with van der Waals surface area (Å²) in [6.07, 6.45) is 2.48. The highest BCUT2D eigenvalue weighted by molar-refractivity contribution is 5.96. The molecule has 1 heterocycles. The Hall–Kier alpha value is -1.75. The van der Waals surface area contributed by atoms with Crippen molar-refractivity contribution >= 4 is 17.3 Å². The van der Waals surface area contributed by atoms with E-state index in [1.54, 1.807) is 12.1 Å². The molecule has 0 aromatic heterocycles. The number of benzene rings is 1. The normalized spacial score (nSPS) is 19.1. The van der Waals surface area contributed by atoms with Gasteiger partial charge in [0.2, 0.25) is 0 Å². The van der Waals surface area contributed by atoms with Crippen LogP contribution in [0.3, 0.4) is 0 Å². The minimum absolute atomic E-state index is 0.393. The third-order valence-electron chi connectivity index (χ3n) is 4.04. The van der Waals surface area contributed by atoms with E-state index in [0.29, 0.717) is 17.3 Å². The number of ether oxygens (including phenoxy) is 1. The average molecular weight is 277 g/mol. The van der Waals surface area contributed by atoms with Gasteiger partial charge in [-0.3, -0.25) is 0 Å². The number of likely N-dealkylation sites (N-methyl/N-ethyl adjacent to an activating group) is 2. The number of nitrogens with two attached hydrogens (primary N) is 1. The minimum Gasteiger partial charge on any atom is -0.465 e. The lowest BCUT2D eigenvalue weighted by Gasteiger charge is -2.27. The van der Waals surface area contributed by atoms with Crippen LogP contribution in [0.1, 0.15) is 23.2 Å². The van der Waals surface area contributed by atoms with Crippen LogP contribution in [-0.2, 0) is 4.74 Å². The van der Waals surface area contributed by atoms with E-state index in [-0.39, 0.29) is 0 Å². The molecule has 0 spiro atoms. The largest absolute Gasteiger partial charge is 0.465 e. The summed E-state index contributed by atoms with van der Waals surface area (Å²) in [6, 6.07) is 6.07. The second-order valence-corrected chi connectivity index (χ2v) is 5.42. The van der Waals surface area contributed by atoms with E-state index in [9.17, 15) is 4.79 Å². The number of methoxy groups -OCH3 is 1. The van der Waals surface area contributed by atoms with Crippen LogP contribution in [0.25, 0.3) is 0 Å². The van der Waals surface area contributed by atoms with E-state index < -0.39 is 5.97 Å². The number of rotatable bonds is 4. The Morgan fingerprint density at radius 2 is 2.30 bits per heavy atom. The van der Waals surface area contributed by atoms with Crippen LogP contribution in [-0.4, -0.2) is 51.2 Å². The van der Waals surface area contributed by atoms with Crippen molar-refractivity contribution in [2.45, 2.75) is 18.9 Å². The van der Waals surface area contributed by atoms with Crippen molar-refractivity contribution in [2.75, 3.05) is 44.9 Å². The topological polar surface area (TPSA) is 58.8 Å². The Kier molecular flexibility index (Phi) is 4.49. The Morgan fingerprint density at radius 1 is 1.55 bits per heavy atom. The molecule has 110 valence electrons. The molecule has 2 N–H and O–H groups in total. The van der Waals surface area contributed by atoms with Crippen LogP contribution >= 0.6 is 0 Å². The van der Waals surface area contributed by atoms with Crippen LogP contribution in [0.4, 0.5) is 11.4 Å². The molecule has 1 aromatic rings. The maximum absolute atomic E-state index is 11.7. The standard InChI is InChI=1S/C15H23N3O2/c1-17-8-4-5-12(17)10-18(2)11-6-7-14(16)13(9-11)15(19)20-3/h6-7,9,12H,4-5,8,10,16H2,1-3H3. The molecule has 1 atom stereocenters. The van der Waals surface area contributed by atoms with Crippen molar-refractivity contribution in [3.05, 3.63) is 23.8 Å². The molecule has 5 nitrogen and oxygen atoms in total. The number of likely N-dealkylation sites (tertiary alicyclic amines) is 1. The lowest BCUT2D eigenvalue weighted by molar-refractivity contribution is 0.0602. The summed E-state index contributed by atoms with van der Waals surface area (Å²) < 4.78 is 4.76. The van der Waals surface area contributed by atoms with Gasteiger partial charge < -0.3 is 20.3 Å². The van der Waals surface area contributed by atoms with Crippen molar-refractivity contribution in [1.29, 1.82) is 0 Å². The van der Waals surface area contributed by atoms with Crippen molar-refractivity contribution in [3.63, 3.8) is 0 Å². The van der Waals surface area contributed by atoms with Crippen molar-refractivity contribution in [1.82, 2.24) is 4.90 Å². The van der Waals surface area contributed by atoms with Crippen molar-refractivity contribution in [3.8, 4) is 0 Å². The third kappa shape index (κ3) is 3.04. The third-order valence-corrected chi connectivity index (χ3v) is 4.04. The van der Waals surface area contributed by atoms with E-state index in [2.05, 4.69) is 16.8 Å². The number of carbonyl (C=O) groups excluding carboxylic acids is 1. The number of hydrogen-bond acceptors (Lipinski definition) is 5. The smallest absolute Gasteiger partial charge is 0.340 e. The van der Waals surface area contributed by atoms with Gasteiger partial charge in [-0.15, -0.1) is 0 Å². The first-order valence-electron chi connectivity index (χ1n) is 6.92. The van der Waals surface area contributed by atoms with Crippen molar-refractivity contribution < 1.29 is 9.53 Å². The number of nitrogens with zero attached hydrogens (tertiary/aromatic N) is 2. The zero-order valence-corrected chi connectivity index (χ0v) is 12.4. The first kappa shape index (κ1) is 14.7. The number of hydrogen-bond donors (Lipinski definition) is 1. The van der Waals surface area contributed by atoms with Gasteiger partial charge in [0.15, 0.2) is 0 Å². The Labute approximate surface area is 120 Å². The van der Waals surface area contributed by atoms with Crippen LogP contribution in [0, 0.1) is 0 Å². The summed E-state index contributed by atoms with van der Waals surface area (Å²) in [5.74, 6) is -0.393. The molecular weight excluding hydrogens is 254 g/mol. The number of nitrogen functional groups attached to an aromatic ring is 1. The fourth-order valence-electron chi connectivity index (χ4n) is 2.70. The maximum atomic E-state index is 11.7. The first-order chi connectivity index (χ1) is 9.52. The van der Waals surface area contributed by atoms with E-state index in [4.69, 9.17) is 10.5 Å². The van der Waals surface area contributed by atoms with Crippen LogP contribution < -0.4 is 10.6 Å². The van der Waals surface area contributed by atoms with Gasteiger partial charge in [0.05, 0.1) is 12.7 Å². The molecule has 0 bridgehead atoms. The highest BCUT2D eigenvalue weighted by Crippen LogP contribution is 2.23. The number of carbonyl (C=O) groups is 1. The summed E-state index contributed by atoms with van der Waals surface area (Å²) >= 11 is 0. The fourth-order valence-corrected chi connectivity index (χ4v) is 2.70. The Bertz CT molecular complexity index is 490. The second-order valence-electron chi connectivity index (χ2n) is 5.42. The maximum Gasteiger partial charge on any atom is 0.340 e. The molecule has 1 aromatic carbocycles. The van der Waals surface area contributed by atoms with Gasteiger partial charge in [-0.2, -0.15) is 0 Å². The fraction of sp³-hybridized carbons (Fsp3) is 0.533. The van der Waals surface area contributed by atoms with Gasteiger partial charge in [0.25, 0.3) is 0 Å². The Balaban J connectivity index is 2.13. The molecule has 0 radical (unpaired) electrons. The van der Waals surface area contributed by atoms with E-state index in [1.807, 2.05) is 13.1 Å². The van der Waals surface area contributed by atoms with Gasteiger partial charge in [0.1, 0.15) is 0 Å². The lowest BCUT2D eigenvalue weighted by atomic mass is 10.1. The zero-order valence-electron chi connectivity index (χ0n) is 12.4. The van der Waals surface area contributed by atoms with E-state index in [1.165, 1.54) is 20.0 Å². The predicted octanol–water partition coefficient (Wildman–Crippen LogP) is 1.59.